The van der Waals surface area contributed by atoms with Crippen LogP contribution in [0.15, 0.2) is 42.7 Å². The molecule has 3 rings (SSSR count). The first-order valence-electron chi connectivity index (χ1n) is 7.74. The van der Waals surface area contributed by atoms with Crippen LogP contribution in [-0.2, 0) is 6.54 Å². The third-order valence-corrected chi connectivity index (χ3v) is 5.06. The number of thiocarbonyl (C=S) groups is 1. The molecule has 7 heteroatoms. The Hall–Kier alpha value is -1.40. The lowest BCUT2D eigenvalue weighted by atomic mass is 10.2. The number of halogens is 2. The maximum Gasteiger partial charge on any atom is 0.173 e. The first-order chi connectivity index (χ1) is 11.6. The summed E-state index contributed by atoms with van der Waals surface area (Å²) in [4.78, 5) is 8.76. The van der Waals surface area contributed by atoms with E-state index in [0.717, 1.165) is 43.5 Å². The largest absolute Gasteiger partial charge is 0.346 e. The predicted octanol–water partition coefficient (Wildman–Crippen LogP) is 3.90. The van der Waals surface area contributed by atoms with Gasteiger partial charge in [0.1, 0.15) is 0 Å². The third kappa shape index (κ3) is 4.57. The molecule has 126 valence electrons. The smallest absolute Gasteiger partial charge is 0.173 e. The highest BCUT2D eigenvalue weighted by atomic mass is 35.5. The lowest BCUT2D eigenvalue weighted by Crippen LogP contribution is -2.49. The second kappa shape index (κ2) is 8.12. The fourth-order valence-corrected chi connectivity index (χ4v) is 3.23. The van der Waals surface area contributed by atoms with E-state index in [4.69, 9.17) is 35.4 Å². The highest BCUT2D eigenvalue weighted by Gasteiger charge is 2.19. The van der Waals surface area contributed by atoms with Gasteiger partial charge in [0, 0.05) is 50.8 Å². The van der Waals surface area contributed by atoms with Gasteiger partial charge in [-0.1, -0.05) is 29.3 Å². The summed E-state index contributed by atoms with van der Waals surface area (Å²) in [7, 11) is 0. The maximum atomic E-state index is 6.04. The van der Waals surface area contributed by atoms with Crippen LogP contribution in [0, 0.1) is 0 Å². The lowest BCUT2D eigenvalue weighted by Gasteiger charge is -2.36. The molecule has 1 aromatic carbocycles. The van der Waals surface area contributed by atoms with E-state index in [2.05, 4.69) is 26.2 Å². The number of aromatic nitrogens is 1. The molecule has 0 atom stereocenters. The van der Waals surface area contributed by atoms with E-state index in [1.54, 1.807) is 18.3 Å². The van der Waals surface area contributed by atoms with E-state index in [1.807, 2.05) is 18.3 Å². The van der Waals surface area contributed by atoms with Gasteiger partial charge in [0.25, 0.3) is 0 Å². The van der Waals surface area contributed by atoms with Crippen molar-refractivity contribution < 1.29 is 0 Å². The van der Waals surface area contributed by atoms with Crippen LogP contribution in [0.1, 0.15) is 5.56 Å². The number of rotatable bonds is 3. The molecule has 0 saturated carbocycles. The Balaban J connectivity index is 1.50. The minimum Gasteiger partial charge on any atom is -0.346 e. The summed E-state index contributed by atoms with van der Waals surface area (Å²) in [5.74, 6) is 0. The number of piperazine rings is 1. The molecule has 0 unspecified atom stereocenters. The number of benzene rings is 1. The topological polar surface area (TPSA) is 31.4 Å². The summed E-state index contributed by atoms with van der Waals surface area (Å²) in [6.07, 6.45) is 3.72. The van der Waals surface area contributed by atoms with E-state index >= 15 is 0 Å². The molecule has 2 aromatic rings. The van der Waals surface area contributed by atoms with Crippen molar-refractivity contribution in [3.8, 4) is 0 Å². The summed E-state index contributed by atoms with van der Waals surface area (Å²) in [5, 5.41) is 5.01. The van der Waals surface area contributed by atoms with Crippen molar-refractivity contribution in [1.82, 2.24) is 14.8 Å². The van der Waals surface area contributed by atoms with Crippen LogP contribution in [0.5, 0.6) is 0 Å². The minimum absolute atomic E-state index is 0.519. The van der Waals surface area contributed by atoms with Crippen molar-refractivity contribution in [2.45, 2.75) is 6.54 Å². The van der Waals surface area contributed by atoms with Crippen LogP contribution in [-0.4, -0.2) is 46.1 Å². The molecule has 1 saturated heterocycles. The van der Waals surface area contributed by atoms with E-state index in [-0.39, 0.29) is 0 Å². The maximum absolute atomic E-state index is 6.04. The predicted molar refractivity (Wildman–Crippen MR) is 104 cm³/mol. The van der Waals surface area contributed by atoms with Crippen molar-refractivity contribution in [2.24, 2.45) is 0 Å². The molecule has 0 amide bonds. The molecule has 0 radical (unpaired) electrons. The Morgan fingerprint density at radius 2 is 1.92 bits per heavy atom. The van der Waals surface area contributed by atoms with Crippen molar-refractivity contribution in [3.05, 3.63) is 58.3 Å². The SMILES string of the molecule is S=C(Nc1ccc(Cl)c(Cl)c1)N1CCN(Cc2cccnc2)CC1. The summed E-state index contributed by atoms with van der Waals surface area (Å²) < 4.78 is 0. The van der Waals surface area contributed by atoms with Crippen LogP contribution < -0.4 is 5.32 Å². The monoisotopic (exact) mass is 380 g/mol. The van der Waals surface area contributed by atoms with Gasteiger partial charge in [-0.15, -0.1) is 0 Å². The van der Waals surface area contributed by atoms with Gasteiger partial charge in [-0.25, -0.2) is 0 Å². The number of hydrogen-bond acceptors (Lipinski definition) is 3. The number of anilines is 1. The molecule has 4 nitrogen and oxygen atoms in total. The Kier molecular flexibility index (Phi) is 5.89. The van der Waals surface area contributed by atoms with Gasteiger partial charge in [-0.2, -0.15) is 0 Å². The average molecular weight is 381 g/mol. The summed E-state index contributed by atoms with van der Waals surface area (Å²) in [6.45, 7) is 4.66. The van der Waals surface area contributed by atoms with Gasteiger partial charge < -0.3 is 10.2 Å². The standard InChI is InChI=1S/C17H18Cl2N4S/c18-15-4-3-14(10-16(15)19)21-17(24)23-8-6-22(7-9-23)12-13-2-1-5-20-11-13/h1-5,10-11H,6-9,12H2,(H,21,24). The van der Waals surface area contributed by atoms with E-state index < -0.39 is 0 Å². The highest BCUT2D eigenvalue weighted by molar-refractivity contribution is 7.80. The fourth-order valence-electron chi connectivity index (χ4n) is 2.64. The van der Waals surface area contributed by atoms with Crippen LogP contribution in [0.3, 0.4) is 0 Å². The van der Waals surface area contributed by atoms with E-state index in [1.165, 1.54) is 5.56 Å². The molecule has 1 N–H and O–H groups in total. The van der Waals surface area contributed by atoms with Crippen molar-refractivity contribution in [1.29, 1.82) is 0 Å². The Morgan fingerprint density at radius 1 is 1.12 bits per heavy atom. The van der Waals surface area contributed by atoms with Crippen LogP contribution in [0.25, 0.3) is 0 Å². The molecule has 0 bridgehead atoms. The highest BCUT2D eigenvalue weighted by Crippen LogP contribution is 2.25. The average Bonchev–Trinajstić information content (AvgIpc) is 2.60. The van der Waals surface area contributed by atoms with Crippen LogP contribution >= 0.6 is 35.4 Å². The molecule has 0 spiro atoms. The normalized spacial score (nSPS) is 15.3. The van der Waals surface area contributed by atoms with Gasteiger partial charge in [0.15, 0.2) is 5.11 Å². The molecule has 1 aliphatic rings. The van der Waals surface area contributed by atoms with Gasteiger partial charge in [-0.3, -0.25) is 9.88 Å². The van der Waals surface area contributed by atoms with E-state index in [0.29, 0.717) is 10.0 Å². The van der Waals surface area contributed by atoms with Crippen molar-refractivity contribution in [3.63, 3.8) is 0 Å². The fraction of sp³-hybridized carbons (Fsp3) is 0.294. The van der Waals surface area contributed by atoms with Crippen LogP contribution in [0.2, 0.25) is 10.0 Å². The molecule has 0 aliphatic carbocycles. The quantitative estimate of drug-likeness (QED) is 0.815. The van der Waals surface area contributed by atoms with Gasteiger partial charge in [-0.05, 0) is 42.0 Å². The van der Waals surface area contributed by atoms with Gasteiger partial charge in [0.2, 0.25) is 0 Å². The summed E-state index contributed by atoms with van der Waals surface area (Å²) in [6, 6.07) is 9.51. The second-order valence-corrected chi connectivity index (χ2v) is 6.88. The number of pyridine rings is 1. The minimum atomic E-state index is 0.519. The second-order valence-electron chi connectivity index (χ2n) is 5.68. The lowest BCUT2D eigenvalue weighted by molar-refractivity contribution is 0.177. The van der Waals surface area contributed by atoms with Crippen molar-refractivity contribution >= 4 is 46.2 Å². The first-order valence-corrected chi connectivity index (χ1v) is 8.90. The van der Waals surface area contributed by atoms with E-state index in [9.17, 15) is 0 Å². The van der Waals surface area contributed by atoms with Crippen LogP contribution in [0.4, 0.5) is 5.69 Å². The molecular formula is C17H18Cl2N4S. The zero-order valence-corrected chi connectivity index (χ0v) is 15.4. The Bertz CT molecular complexity index is 703. The number of nitrogens with zero attached hydrogens (tertiary/aromatic N) is 3. The third-order valence-electron chi connectivity index (χ3n) is 3.96. The zero-order chi connectivity index (χ0) is 16.9. The number of nitrogens with one attached hydrogen (secondary N) is 1. The molecule has 1 aromatic heterocycles. The summed E-state index contributed by atoms with van der Waals surface area (Å²) in [5.41, 5.74) is 2.09. The Labute approximate surface area is 157 Å². The first kappa shape index (κ1) is 17.4. The molecule has 24 heavy (non-hydrogen) atoms. The molecule has 1 fully saturated rings. The number of hydrogen-bond donors (Lipinski definition) is 1. The molecule has 2 heterocycles. The zero-order valence-electron chi connectivity index (χ0n) is 13.1. The Morgan fingerprint density at radius 3 is 2.58 bits per heavy atom. The van der Waals surface area contributed by atoms with Crippen molar-refractivity contribution in [2.75, 3.05) is 31.5 Å². The van der Waals surface area contributed by atoms with Gasteiger partial charge >= 0.3 is 0 Å². The summed E-state index contributed by atoms with van der Waals surface area (Å²) >= 11 is 17.5. The van der Waals surface area contributed by atoms with Gasteiger partial charge in [0.05, 0.1) is 10.0 Å². The molecular weight excluding hydrogens is 363 g/mol. The molecule has 1 aliphatic heterocycles.